The third kappa shape index (κ3) is 1.59. The van der Waals surface area contributed by atoms with E-state index in [4.69, 9.17) is 0 Å². The number of sulfonamides is 1. The van der Waals surface area contributed by atoms with E-state index < -0.39 is 10.0 Å². The molecule has 0 aliphatic carbocycles. The van der Waals surface area contributed by atoms with Crippen LogP contribution in [0.4, 0.5) is 11.4 Å². The molecule has 0 bridgehead atoms. The van der Waals surface area contributed by atoms with Crippen LogP contribution in [0.25, 0.3) is 6.08 Å². The van der Waals surface area contributed by atoms with Crippen LogP contribution in [0.5, 0.6) is 0 Å². The molecule has 0 atom stereocenters. The number of nitrogens with zero attached hydrogens (tertiary/aromatic N) is 1. The summed E-state index contributed by atoms with van der Waals surface area (Å²) in [7, 11) is 0.0783. The van der Waals surface area contributed by atoms with Crippen LogP contribution < -0.4 is 9.62 Å². The number of anilines is 2. The lowest BCUT2D eigenvalue weighted by Crippen LogP contribution is -2.27. The van der Waals surface area contributed by atoms with Gasteiger partial charge in [0.25, 0.3) is 10.0 Å². The van der Waals surface area contributed by atoms with Crippen LogP contribution in [0.2, 0.25) is 0 Å². The molecular formula is C10H12N2O2S. The molecule has 2 rings (SSSR count). The summed E-state index contributed by atoms with van der Waals surface area (Å²) in [5, 5.41) is 4.20. The molecule has 0 saturated carbocycles. The monoisotopic (exact) mass is 224 g/mol. The van der Waals surface area contributed by atoms with Gasteiger partial charge in [-0.2, -0.15) is 0 Å². The smallest absolute Gasteiger partial charge is 0.257 e. The number of nitrogens with one attached hydrogen (secondary N) is 1. The van der Waals surface area contributed by atoms with Crippen molar-refractivity contribution < 1.29 is 8.42 Å². The number of hydrogen-bond donors (Lipinski definition) is 1. The minimum absolute atomic E-state index is 0.698. The fourth-order valence-corrected chi connectivity index (χ4v) is 2.43. The molecule has 5 heteroatoms. The van der Waals surface area contributed by atoms with Crippen LogP contribution in [0, 0.1) is 0 Å². The molecule has 0 saturated heterocycles. The summed E-state index contributed by atoms with van der Waals surface area (Å²) in [5.41, 5.74) is 2.50. The van der Waals surface area contributed by atoms with Crippen LogP contribution in [-0.2, 0) is 10.0 Å². The van der Waals surface area contributed by atoms with E-state index in [0.29, 0.717) is 5.69 Å². The van der Waals surface area contributed by atoms with Crippen molar-refractivity contribution in [2.75, 3.05) is 23.7 Å². The van der Waals surface area contributed by atoms with E-state index in [1.807, 2.05) is 18.2 Å². The van der Waals surface area contributed by atoms with Gasteiger partial charge in [0.15, 0.2) is 0 Å². The van der Waals surface area contributed by atoms with E-state index >= 15 is 0 Å². The van der Waals surface area contributed by atoms with Gasteiger partial charge in [-0.1, -0.05) is 6.07 Å². The summed E-state index contributed by atoms with van der Waals surface area (Å²) < 4.78 is 24.4. The Morgan fingerprint density at radius 1 is 1.33 bits per heavy atom. The van der Waals surface area contributed by atoms with Gasteiger partial charge in [0.05, 0.1) is 11.1 Å². The van der Waals surface area contributed by atoms with Gasteiger partial charge in [-0.25, -0.2) is 8.42 Å². The Balaban J connectivity index is 2.62. The van der Waals surface area contributed by atoms with E-state index in [0.717, 1.165) is 11.3 Å². The Kier molecular flexibility index (Phi) is 2.19. The Morgan fingerprint density at radius 2 is 2.07 bits per heavy atom. The highest BCUT2D eigenvalue weighted by Crippen LogP contribution is 2.30. The molecular weight excluding hydrogens is 212 g/mol. The minimum atomic E-state index is -3.27. The van der Waals surface area contributed by atoms with Crippen LogP contribution in [0.3, 0.4) is 0 Å². The Morgan fingerprint density at radius 3 is 2.73 bits per heavy atom. The van der Waals surface area contributed by atoms with Gasteiger partial charge in [-0.05, 0) is 23.8 Å². The zero-order valence-electron chi connectivity index (χ0n) is 8.56. The van der Waals surface area contributed by atoms with E-state index in [1.54, 1.807) is 20.2 Å². The van der Waals surface area contributed by atoms with Crippen molar-refractivity contribution in [1.82, 2.24) is 0 Å². The topological polar surface area (TPSA) is 49.4 Å². The van der Waals surface area contributed by atoms with Crippen molar-refractivity contribution in [3.8, 4) is 0 Å². The minimum Gasteiger partial charge on any atom is -0.388 e. The number of benzene rings is 1. The summed E-state index contributed by atoms with van der Waals surface area (Å²) in [6, 6.07) is 5.62. The summed E-state index contributed by atoms with van der Waals surface area (Å²) >= 11 is 0. The van der Waals surface area contributed by atoms with Gasteiger partial charge < -0.3 is 5.32 Å². The summed E-state index contributed by atoms with van der Waals surface area (Å²) in [4.78, 5) is 0. The second kappa shape index (κ2) is 3.27. The molecule has 1 aliphatic heterocycles. The molecule has 1 heterocycles. The lowest BCUT2D eigenvalue weighted by molar-refractivity contribution is 0.603. The van der Waals surface area contributed by atoms with Gasteiger partial charge in [0.1, 0.15) is 0 Å². The fraction of sp³-hybridized carbons (Fsp3) is 0.200. The van der Waals surface area contributed by atoms with Crippen molar-refractivity contribution in [2.24, 2.45) is 0 Å². The molecule has 0 amide bonds. The SMILES string of the molecule is CNc1ccc2c(c1)N(C)S(=O)(=O)C=C2. The molecule has 0 aromatic heterocycles. The van der Waals surface area contributed by atoms with Crippen molar-refractivity contribution >= 4 is 27.5 Å². The zero-order valence-corrected chi connectivity index (χ0v) is 9.38. The van der Waals surface area contributed by atoms with Gasteiger partial charge in [0.2, 0.25) is 0 Å². The van der Waals surface area contributed by atoms with Crippen molar-refractivity contribution in [2.45, 2.75) is 0 Å². The van der Waals surface area contributed by atoms with Crippen LogP contribution in [0.1, 0.15) is 5.56 Å². The van der Waals surface area contributed by atoms with Gasteiger partial charge in [0, 0.05) is 19.8 Å². The van der Waals surface area contributed by atoms with E-state index in [-0.39, 0.29) is 0 Å². The average Bonchev–Trinajstić information content (AvgIpc) is 2.24. The maximum Gasteiger partial charge on any atom is 0.257 e. The molecule has 0 spiro atoms. The van der Waals surface area contributed by atoms with Crippen molar-refractivity contribution in [3.05, 3.63) is 29.2 Å². The second-order valence-electron chi connectivity index (χ2n) is 3.34. The molecule has 4 nitrogen and oxygen atoms in total. The first-order valence-electron chi connectivity index (χ1n) is 4.53. The Bertz CT molecular complexity index is 520. The molecule has 0 radical (unpaired) electrons. The normalized spacial score (nSPS) is 17.3. The standard InChI is InChI=1S/C10H12N2O2S/c1-11-9-4-3-8-5-6-15(13,14)12(2)10(8)7-9/h3-7,11H,1-2H3. The highest BCUT2D eigenvalue weighted by molar-refractivity contribution is 7.95. The van der Waals surface area contributed by atoms with Gasteiger partial charge >= 0.3 is 0 Å². The van der Waals surface area contributed by atoms with Crippen LogP contribution in [0.15, 0.2) is 23.6 Å². The zero-order chi connectivity index (χ0) is 11.1. The second-order valence-corrected chi connectivity index (χ2v) is 5.19. The first-order valence-corrected chi connectivity index (χ1v) is 6.04. The largest absolute Gasteiger partial charge is 0.388 e. The van der Waals surface area contributed by atoms with Crippen molar-refractivity contribution in [1.29, 1.82) is 0 Å². The molecule has 1 aliphatic rings. The highest BCUT2D eigenvalue weighted by atomic mass is 32.2. The maximum absolute atomic E-state index is 11.6. The predicted molar refractivity (Wildman–Crippen MR) is 62.3 cm³/mol. The number of fused-ring (bicyclic) bond motifs is 1. The maximum atomic E-state index is 11.6. The lowest BCUT2D eigenvalue weighted by atomic mass is 10.1. The van der Waals surface area contributed by atoms with Gasteiger partial charge in [-0.3, -0.25) is 4.31 Å². The molecule has 80 valence electrons. The Hall–Kier alpha value is -1.49. The third-order valence-corrected chi connectivity index (χ3v) is 3.90. The molecule has 0 unspecified atom stereocenters. The average molecular weight is 224 g/mol. The van der Waals surface area contributed by atoms with E-state index in [9.17, 15) is 8.42 Å². The molecule has 1 N–H and O–H groups in total. The third-order valence-electron chi connectivity index (χ3n) is 2.46. The molecule has 1 aromatic carbocycles. The quantitative estimate of drug-likeness (QED) is 0.786. The fourth-order valence-electron chi connectivity index (χ4n) is 1.50. The first-order chi connectivity index (χ1) is 7.04. The molecule has 1 aromatic rings. The van der Waals surface area contributed by atoms with Crippen molar-refractivity contribution in [3.63, 3.8) is 0 Å². The lowest BCUT2D eigenvalue weighted by Gasteiger charge is -2.23. The number of rotatable bonds is 1. The summed E-state index contributed by atoms with van der Waals surface area (Å²) in [5.74, 6) is 0. The van der Waals surface area contributed by atoms with Crippen LogP contribution in [-0.4, -0.2) is 22.5 Å². The van der Waals surface area contributed by atoms with E-state index in [2.05, 4.69) is 5.32 Å². The Labute approximate surface area is 89.3 Å². The number of hydrogen-bond acceptors (Lipinski definition) is 3. The summed E-state index contributed by atoms with van der Waals surface area (Å²) in [6.45, 7) is 0. The van der Waals surface area contributed by atoms with Crippen LogP contribution >= 0.6 is 0 Å². The van der Waals surface area contributed by atoms with Gasteiger partial charge in [-0.15, -0.1) is 0 Å². The van der Waals surface area contributed by atoms with E-state index in [1.165, 1.54) is 9.71 Å². The molecule has 0 fully saturated rings. The summed E-state index contributed by atoms with van der Waals surface area (Å²) in [6.07, 6.45) is 1.62. The first kappa shape index (κ1) is 10.0. The highest BCUT2D eigenvalue weighted by Gasteiger charge is 2.21. The predicted octanol–water partition coefficient (Wildman–Crippen LogP) is 1.48. The molecule has 15 heavy (non-hydrogen) atoms.